The Morgan fingerprint density at radius 1 is 1.03 bits per heavy atom. The maximum Gasteiger partial charge on any atom is 0.244 e. The van der Waals surface area contributed by atoms with Gasteiger partial charge in [0.2, 0.25) is 28.6 Å². The molecule has 0 spiro atoms. The lowest BCUT2D eigenvalue weighted by Crippen LogP contribution is -2.52. The molecule has 194 valence electrons. The van der Waals surface area contributed by atoms with E-state index in [0.29, 0.717) is 11.5 Å². The van der Waals surface area contributed by atoms with Crippen molar-refractivity contribution >= 4 is 27.5 Å². The molecule has 1 aliphatic carbocycles. The number of rotatable bonds is 9. The highest BCUT2D eigenvalue weighted by atomic mass is 32.2. The first-order valence-corrected chi connectivity index (χ1v) is 14.1. The van der Waals surface area contributed by atoms with E-state index < -0.39 is 28.5 Å². The molecule has 1 N–H and O–H groups in total. The van der Waals surface area contributed by atoms with E-state index in [9.17, 15) is 18.0 Å². The van der Waals surface area contributed by atoms with Crippen LogP contribution in [0, 0.1) is 0 Å². The van der Waals surface area contributed by atoms with Crippen LogP contribution in [0.3, 0.4) is 0 Å². The quantitative estimate of drug-likeness (QED) is 0.550. The van der Waals surface area contributed by atoms with Gasteiger partial charge in [-0.2, -0.15) is 0 Å². The summed E-state index contributed by atoms with van der Waals surface area (Å²) in [5.74, 6) is 0.209. The van der Waals surface area contributed by atoms with Crippen molar-refractivity contribution in [1.29, 1.82) is 0 Å². The third-order valence-corrected chi connectivity index (χ3v) is 7.78. The van der Waals surface area contributed by atoms with Crippen molar-refractivity contribution in [3.8, 4) is 11.5 Å². The number of nitrogens with zero attached hydrogens (tertiary/aromatic N) is 2. The molecule has 0 aromatic heterocycles. The summed E-state index contributed by atoms with van der Waals surface area (Å²) in [5.41, 5.74) is 1.13. The van der Waals surface area contributed by atoms with E-state index in [1.165, 1.54) is 17.4 Å². The molecule has 1 heterocycles. The Morgan fingerprint density at radius 3 is 2.42 bits per heavy atom. The fourth-order valence-corrected chi connectivity index (χ4v) is 5.43. The van der Waals surface area contributed by atoms with Gasteiger partial charge in [-0.25, -0.2) is 8.42 Å². The summed E-state index contributed by atoms with van der Waals surface area (Å²) < 4.78 is 37.2. The van der Waals surface area contributed by atoms with E-state index in [1.807, 2.05) is 30.3 Å². The summed E-state index contributed by atoms with van der Waals surface area (Å²) in [6.45, 7) is 1.46. The maximum atomic E-state index is 13.6. The fraction of sp³-hybridized carbons (Fsp3) is 0.462. The van der Waals surface area contributed by atoms with Crippen molar-refractivity contribution in [3.63, 3.8) is 0 Å². The van der Waals surface area contributed by atoms with Crippen LogP contribution in [0.15, 0.2) is 48.5 Å². The SMILES string of the molecule is C[C@H](C(=O)NC1CCCCC1)N(Cc1ccccc1)C(=O)CN(c1ccc2c(c1)OCO2)S(C)(=O)=O. The van der Waals surface area contributed by atoms with E-state index in [0.717, 1.165) is 41.8 Å². The van der Waals surface area contributed by atoms with E-state index in [1.54, 1.807) is 19.1 Å². The Morgan fingerprint density at radius 2 is 1.72 bits per heavy atom. The van der Waals surface area contributed by atoms with E-state index >= 15 is 0 Å². The minimum absolute atomic E-state index is 0.0507. The molecule has 10 heteroatoms. The molecule has 9 nitrogen and oxygen atoms in total. The van der Waals surface area contributed by atoms with Crippen molar-refractivity contribution in [2.75, 3.05) is 23.9 Å². The van der Waals surface area contributed by atoms with Crippen LogP contribution in [0.1, 0.15) is 44.6 Å². The van der Waals surface area contributed by atoms with Gasteiger partial charge in [0.1, 0.15) is 12.6 Å². The predicted molar refractivity (Wildman–Crippen MR) is 136 cm³/mol. The molecule has 1 saturated carbocycles. The molecule has 0 unspecified atom stereocenters. The van der Waals surface area contributed by atoms with Crippen molar-refractivity contribution < 1.29 is 27.5 Å². The van der Waals surface area contributed by atoms with Gasteiger partial charge >= 0.3 is 0 Å². The first-order chi connectivity index (χ1) is 17.2. The van der Waals surface area contributed by atoms with Gasteiger partial charge in [-0.05, 0) is 37.5 Å². The summed E-state index contributed by atoms with van der Waals surface area (Å²) in [4.78, 5) is 28.2. The molecular formula is C26H33N3O6S. The zero-order chi connectivity index (χ0) is 25.7. The monoisotopic (exact) mass is 515 g/mol. The molecule has 0 saturated heterocycles. The molecule has 2 aromatic rings. The fourth-order valence-electron chi connectivity index (χ4n) is 4.59. The van der Waals surface area contributed by atoms with Crippen molar-refractivity contribution in [1.82, 2.24) is 10.2 Å². The zero-order valence-electron chi connectivity index (χ0n) is 20.7. The highest BCUT2D eigenvalue weighted by Gasteiger charge is 2.31. The van der Waals surface area contributed by atoms with Crippen LogP contribution in [0.2, 0.25) is 0 Å². The average molecular weight is 516 g/mol. The van der Waals surface area contributed by atoms with Crippen molar-refractivity contribution in [2.45, 2.75) is 57.7 Å². The van der Waals surface area contributed by atoms with Crippen molar-refractivity contribution in [2.24, 2.45) is 0 Å². The summed E-state index contributed by atoms with van der Waals surface area (Å²) in [5, 5.41) is 3.09. The average Bonchev–Trinajstić information content (AvgIpc) is 3.34. The second kappa shape index (κ2) is 11.2. The lowest BCUT2D eigenvalue weighted by Gasteiger charge is -2.33. The van der Waals surface area contributed by atoms with Crippen LogP contribution in [0.25, 0.3) is 0 Å². The Balaban J connectivity index is 1.57. The smallest absolute Gasteiger partial charge is 0.244 e. The summed E-state index contributed by atoms with van der Waals surface area (Å²) >= 11 is 0. The van der Waals surface area contributed by atoms with E-state index in [4.69, 9.17) is 9.47 Å². The Kier molecular flexibility index (Phi) is 8.03. The Hall–Kier alpha value is -3.27. The van der Waals surface area contributed by atoms with Crippen LogP contribution in [0.4, 0.5) is 5.69 Å². The van der Waals surface area contributed by atoms with Crippen LogP contribution in [0.5, 0.6) is 11.5 Å². The van der Waals surface area contributed by atoms with Crippen molar-refractivity contribution in [3.05, 3.63) is 54.1 Å². The predicted octanol–water partition coefficient (Wildman–Crippen LogP) is 3.05. The van der Waals surface area contributed by atoms with Crippen LogP contribution in [-0.4, -0.2) is 56.8 Å². The number of hydrogen-bond donors (Lipinski definition) is 1. The number of anilines is 1. The molecule has 1 fully saturated rings. The number of fused-ring (bicyclic) bond motifs is 1. The van der Waals surface area contributed by atoms with Gasteiger partial charge in [-0.15, -0.1) is 0 Å². The second-order valence-electron chi connectivity index (χ2n) is 9.33. The molecule has 0 bridgehead atoms. The van der Waals surface area contributed by atoms with Gasteiger partial charge in [-0.3, -0.25) is 13.9 Å². The van der Waals surface area contributed by atoms with Crippen LogP contribution in [-0.2, 0) is 26.2 Å². The highest BCUT2D eigenvalue weighted by Crippen LogP contribution is 2.36. The number of carbonyl (C=O) groups is 2. The standard InChI is InChI=1S/C26H33N3O6S/c1-19(26(31)27-21-11-7-4-8-12-21)28(16-20-9-5-3-6-10-20)25(30)17-29(36(2,32)33)22-13-14-23-24(15-22)35-18-34-23/h3,5-6,9-10,13-15,19,21H,4,7-8,11-12,16-18H2,1-2H3,(H,27,31)/t19-/m1/s1. The third kappa shape index (κ3) is 6.29. The Labute approximate surface area is 212 Å². The third-order valence-electron chi connectivity index (χ3n) is 6.64. The summed E-state index contributed by atoms with van der Waals surface area (Å²) in [6.07, 6.45) is 6.22. The lowest BCUT2D eigenvalue weighted by atomic mass is 9.95. The molecule has 4 rings (SSSR count). The van der Waals surface area contributed by atoms with Gasteiger partial charge in [0.25, 0.3) is 0 Å². The molecule has 1 atom stereocenters. The highest BCUT2D eigenvalue weighted by molar-refractivity contribution is 7.92. The minimum Gasteiger partial charge on any atom is -0.454 e. The Bertz CT molecular complexity index is 1180. The normalized spacial score (nSPS) is 16.3. The molecule has 2 amide bonds. The number of benzene rings is 2. The first-order valence-electron chi connectivity index (χ1n) is 12.2. The molecule has 1 aliphatic heterocycles. The van der Waals surface area contributed by atoms with Gasteiger partial charge < -0.3 is 19.7 Å². The maximum absolute atomic E-state index is 13.6. The molecule has 0 radical (unpaired) electrons. The molecular weight excluding hydrogens is 482 g/mol. The number of ether oxygens (including phenoxy) is 2. The van der Waals surface area contributed by atoms with Gasteiger partial charge in [0.05, 0.1) is 11.9 Å². The minimum atomic E-state index is -3.82. The van der Waals surface area contributed by atoms with E-state index in [2.05, 4.69) is 5.32 Å². The largest absolute Gasteiger partial charge is 0.454 e. The van der Waals surface area contributed by atoms with Crippen LogP contribution < -0.4 is 19.1 Å². The van der Waals surface area contributed by atoms with E-state index in [-0.39, 0.29) is 31.0 Å². The van der Waals surface area contributed by atoms with Gasteiger partial charge in [-0.1, -0.05) is 49.6 Å². The summed E-state index contributed by atoms with van der Waals surface area (Å²) in [7, 11) is -3.82. The number of nitrogens with one attached hydrogen (secondary N) is 1. The number of sulfonamides is 1. The van der Waals surface area contributed by atoms with Crippen LogP contribution >= 0.6 is 0 Å². The topological polar surface area (TPSA) is 105 Å². The molecule has 2 aliphatic rings. The number of amides is 2. The lowest BCUT2D eigenvalue weighted by molar-refractivity contribution is -0.139. The molecule has 36 heavy (non-hydrogen) atoms. The van der Waals surface area contributed by atoms with Gasteiger partial charge in [0.15, 0.2) is 11.5 Å². The zero-order valence-corrected chi connectivity index (χ0v) is 21.5. The van der Waals surface area contributed by atoms with Gasteiger partial charge in [0, 0.05) is 18.7 Å². The number of hydrogen-bond acceptors (Lipinski definition) is 6. The molecule has 2 aromatic carbocycles. The first kappa shape index (κ1) is 25.8. The second-order valence-corrected chi connectivity index (χ2v) is 11.2. The summed E-state index contributed by atoms with van der Waals surface area (Å²) in [6, 6.07) is 13.4. The number of carbonyl (C=O) groups excluding carboxylic acids is 2.